The molecule has 0 N–H and O–H groups in total. The number of ether oxygens (including phenoxy) is 1. The number of hydrogen-bond donors (Lipinski definition) is 0. The van der Waals surface area contributed by atoms with Gasteiger partial charge in [-0.1, -0.05) is 111 Å². The van der Waals surface area contributed by atoms with Crippen molar-refractivity contribution in [2.24, 2.45) is 17.8 Å². The van der Waals surface area contributed by atoms with Gasteiger partial charge in [-0.05, 0) is 90.6 Å². The van der Waals surface area contributed by atoms with Gasteiger partial charge < -0.3 is 9.30 Å². The van der Waals surface area contributed by atoms with Crippen LogP contribution >= 0.6 is 0 Å². The summed E-state index contributed by atoms with van der Waals surface area (Å²) in [6.45, 7) is 23.0. The zero-order valence-electron chi connectivity index (χ0n) is 34.5. The molecule has 0 bridgehead atoms. The maximum absolute atomic E-state index is 6.80. The number of benzene rings is 3. The third kappa shape index (κ3) is 8.29. The molecule has 3 aromatic carbocycles. The molecule has 7 rings (SSSR count). The molecule has 0 saturated carbocycles. The fraction of sp³-hybridized carbons (Fsp3) is 0.429. The molecule has 3 aromatic heterocycles. The summed E-state index contributed by atoms with van der Waals surface area (Å²) in [5.41, 5.74) is 10.8. The number of aromatic nitrogens is 4. The SMILES string of the molecule is CCCc1nn(-c2[c-]c(Oc3[c-]c4c(cc3)c3ccccc3n4-c3cc(CC(C)C)ccn3)cc(C(C)(C)C)c2)c(CCC)c1C1C(C)=C[C@H](C)C[C@@H]1C.[Pt+2]. The van der Waals surface area contributed by atoms with Crippen LogP contribution in [0.5, 0.6) is 11.5 Å². The Bertz CT molecular complexity index is 2320. The molecule has 0 aliphatic heterocycles. The van der Waals surface area contributed by atoms with Gasteiger partial charge in [0.15, 0.2) is 0 Å². The molecule has 1 aliphatic carbocycles. The van der Waals surface area contributed by atoms with Crippen molar-refractivity contribution in [3.63, 3.8) is 0 Å². The van der Waals surface area contributed by atoms with Gasteiger partial charge in [0.1, 0.15) is 5.82 Å². The molecule has 3 atom stereocenters. The molecule has 6 heteroatoms. The molecular formula is C49H58N4OPt. The molecule has 6 aromatic rings. The Morgan fingerprint density at radius 1 is 0.909 bits per heavy atom. The van der Waals surface area contributed by atoms with Crippen molar-refractivity contribution in [2.75, 3.05) is 0 Å². The summed E-state index contributed by atoms with van der Waals surface area (Å²) in [7, 11) is 0. The number of hydrogen-bond acceptors (Lipinski definition) is 3. The van der Waals surface area contributed by atoms with E-state index in [4.69, 9.17) is 14.8 Å². The summed E-state index contributed by atoms with van der Waals surface area (Å²) in [6, 6.07) is 28.9. The van der Waals surface area contributed by atoms with Crippen molar-refractivity contribution >= 4 is 21.8 Å². The van der Waals surface area contributed by atoms with Gasteiger partial charge in [-0.2, -0.15) is 11.2 Å². The predicted molar refractivity (Wildman–Crippen MR) is 225 cm³/mol. The predicted octanol–water partition coefficient (Wildman–Crippen LogP) is 12.9. The zero-order valence-corrected chi connectivity index (χ0v) is 36.8. The van der Waals surface area contributed by atoms with Gasteiger partial charge in [0.25, 0.3) is 0 Å². The summed E-state index contributed by atoms with van der Waals surface area (Å²) in [4.78, 5) is 4.86. The molecule has 1 aliphatic rings. The largest absolute Gasteiger partial charge is 2.00 e. The van der Waals surface area contributed by atoms with Gasteiger partial charge in [-0.15, -0.1) is 41.3 Å². The Kier molecular flexibility index (Phi) is 12.3. The maximum Gasteiger partial charge on any atom is 2.00 e. The van der Waals surface area contributed by atoms with E-state index < -0.39 is 0 Å². The Morgan fingerprint density at radius 2 is 1.67 bits per heavy atom. The first-order valence-electron chi connectivity index (χ1n) is 20.3. The van der Waals surface area contributed by atoms with E-state index in [-0.39, 0.29) is 26.5 Å². The molecule has 0 fully saturated rings. The van der Waals surface area contributed by atoms with E-state index in [1.807, 2.05) is 12.3 Å². The van der Waals surface area contributed by atoms with Gasteiger partial charge in [-0.3, -0.25) is 4.68 Å². The smallest absolute Gasteiger partial charge is 0.509 e. The molecular weight excluding hydrogens is 856 g/mol. The van der Waals surface area contributed by atoms with Gasteiger partial charge in [-0.25, -0.2) is 4.98 Å². The number of rotatable bonds is 11. The van der Waals surface area contributed by atoms with E-state index in [2.05, 4.69) is 151 Å². The second kappa shape index (κ2) is 16.6. The van der Waals surface area contributed by atoms with Crippen LogP contribution in [-0.4, -0.2) is 19.3 Å². The fourth-order valence-corrected chi connectivity index (χ4v) is 8.88. The number of nitrogens with zero attached hydrogens (tertiary/aromatic N) is 4. The maximum atomic E-state index is 6.80. The summed E-state index contributed by atoms with van der Waals surface area (Å²) < 4.78 is 11.2. The monoisotopic (exact) mass is 913 g/mol. The Balaban J connectivity index is 0.00000514. The van der Waals surface area contributed by atoms with Crippen LogP contribution in [0.3, 0.4) is 0 Å². The summed E-state index contributed by atoms with van der Waals surface area (Å²) in [5, 5.41) is 7.73. The molecule has 0 radical (unpaired) electrons. The molecule has 55 heavy (non-hydrogen) atoms. The third-order valence-corrected chi connectivity index (χ3v) is 11.1. The zero-order chi connectivity index (χ0) is 38.3. The normalized spacial score (nSPS) is 17.5. The number of allylic oxidation sites excluding steroid dienone is 2. The average molecular weight is 914 g/mol. The number of aryl methyl sites for hydroxylation is 1. The molecule has 0 saturated heterocycles. The van der Waals surface area contributed by atoms with E-state index in [0.717, 1.165) is 60.0 Å². The average Bonchev–Trinajstić information content (AvgIpc) is 3.62. The van der Waals surface area contributed by atoms with Crippen molar-refractivity contribution < 1.29 is 25.8 Å². The summed E-state index contributed by atoms with van der Waals surface area (Å²) in [6.07, 6.45) is 10.7. The molecule has 0 amide bonds. The van der Waals surface area contributed by atoms with E-state index in [1.165, 1.54) is 45.5 Å². The first-order valence-corrected chi connectivity index (χ1v) is 20.3. The van der Waals surface area contributed by atoms with Crippen molar-refractivity contribution in [2.45, 2.75) is 119 Å². The van der Waals surface area contributed by atoms with Gasteiger partial charge >= 0.3 is 21.1 Å². The van der Waals surface area contributed by atoms with Crippen molar-refractivity contribution in [3.05, 3.63) is 119 Å². The number of para-hydroxylation sites is 1. The van der Waals surface area contributed by atoms with Crippen molar-refractivity contribution in [1.82, 2.24) is 19.3 Å². The van der Waals surface area contributed by atoms with Crippen LogP contribution in [0.25, 0.3) is 33.3 Å². The fourth-order valence-electron chi connectivity index (χ4n) is 8.88. The minimum Gasteiger partial charge on any atom is -0.509 e. The first-order chi connectivity index (χ1) is 25.9. The quantitative estimate of drug-likeness (QED) is 0.0961. The van der Waals surface area contributed by atoms with Crippen LogP contribution in [0, 0.1) is 29.9 Å². The number of pyridine rings is 1. The minimum atomic E-state index is -0.116. The van der Waals surface area contributed by atoms with Crippen LogP contribution < -0.4 is 4.74 Å². The molecule has 290 valence electrons. The van der Waals surface area contributed by atoms with Crippen LogP contribution in [0.15, 0.2) is 78.5 Å². The Morgan fingerprint density at radius 3 is 2.38 bits per heavy atom. The van der Waals surface area contributed by atoms with Gasteiger partial charge in [0.2, 0.25) is 0 Å². The van der Waals surface area contributed by atoms with E-state index in [9.17, 15) is 0 Å². The first kappa shape index (κ1) is 40.7. The van der Waals surface area contributed by atoms with E-state index >= 15 is 0 Å². The topological polar surface area (TPSA) is 44.9 Å². The third-order valence-electron chi connectivity index (χ3n) is 11.1. The molecule has 3 heterocycles. The molecule has 0 spiro atoms. The minimum absolute atomic E-state index is 0. The van der Waals surface area contributed by atoms with Crippen LogP contribution in [-0.2, 0) is 45.7 Å². The van der Waals surface area contributed by atoms with Crippen LogP contribution in [0.2, 0.25) is 0 Å². The van der Waals surface area contributed by atoms with E-state index in [0.29, 0.717) is 35.2 Å². The van der Waals surface area contributed by atoms with Crippen LogP contribution in [0.1, 0.15) is 122 Å². The molecule has 1 unspecified atom stereocenters. The summed E-state index contributed by atoms with van der Waals surface area (Å²) in [5.74, 6) is 4.31. The number of fused-ring (bicyclic) bond motifs is 3. The van der Waals surface area contributed by atoms with Crippen LogP contribution in [0.4, 0.5) is 0 Å². The van der Waals surface area contributed by atoms with Crippen molar-refractivity contribution in [1.29, 1.82) is 0 Å². The van der Waals surface area contributed by atoms with Gasteiger partial charge in [0, 0.05) is 40.4 Å². The Labute approximate surface area is 343 Å². The van der Waals surface area contributed by atoms with E-state index in [1.54, 1.807) is 0 Å². The second-order valence-electron chi connectivity index (χ2n) is 17.3. The second-order valence-corrected chi connectivity index (χ2v) is 17.3. The van der Waals surface area contributed by atoms with Crippen molar-refractivity contribution in [3.8, 4) is 23.0 Å². The molecule has 5 nitrogen and oxygen atoms in total. The standard InChI is InChI=1S/C49H58N4O.Pt/c1-11-15-42-48(47-33(6)24-32(5)25-34(47)7)44(16-12-2)53(51-42)37-27-36(49(8,9)10)28-39(29-37)54-38-19-20-41-40-17-13-14-18-43(40)52(45(41)30-38)46-26-35(21-22-50-46)23-31(3)4;/h13-14,17-22,24,26-28,31-32,34,47H,11-12,15-16,23,25H2,1-10H3;/q-2;+2/t32-,34-,47?;/m0./s1. The van der Waals surface area contributed by atoms with Gasteiger partial charge in [0.05, 0.1) is 5.69 Å². The summed E-state index contributed by atoms with van der Waals surface area (Å²) >= 11 is 0. The Hall–Kier alpha value is -3.95.